The number of aromatic nitrogens is 1. The number of furan rings is 1. The zero-order valence-electron chi connectivity index (χ0n) is 16.1. The summed E-state index contributed by atoms with van der Waals surface area (Å²) in [6, 6.07) is 10.9. The number of carbonyl (C=O) groups excluding carboxylic acids is 1. The Morgan fingerprint density at radius 1 is 1.18 bits per heavy atom. The lowest BCUT2D eigenvalue weighted by Gasteiger charge is -2.19. The molecule has 0 unspecified atom stereocenters. The van der Waals surface area contributed by atoms with Crippen LogP contribution in [0.2, 0.25) is 0 Å². The van der Waals surface area contributed by atoms with Crippen LogP contribution in [0.1, 0.15) is 59.6 Å². The fourth-order valence-corrected chi connectivity index (χ4v) is 4.21. The van der Waals surface area contributed by atoms with Crippen molar-refractivity contribution >= 4 is 34.8 Å². The number of Topliss-reactive ketones (excluding diaryl/α,β-unsaturated/α-hetero) is 1. The molecular weight excluding hydrogens is 388 g/mol. The largest absolute Gasteiger partial charge is 0.758 e. The van der Waals surface area contributed by atoms with Crippen molar-refractivity contribution in [1.82, 2.24) is 0 Å². The van der Waals surface area contributed by atoms with Crippen molar-refractivity contribution < 1.29 is 13.8 Å². The van der Waals surface area contributed by atoms with Crippen LogP contribution in [0, 0.1) is 0 Å². The maximum atomic E-state index is 13.2. The van der Waals surface area contributed by atoms with Crippen LogP contribution >= 0.6 is 11.3 Å². The second-order valence-corrected chi connectivity index (χ2v) is 7.94. The Hall–Kier alpha value is -2.31. The molecule has 6 heteroatoms. The van der Waals surface area contributed by atoms with Crippen molar-refractivity contribution in [3.05, 3.63) is 76.6 Å². The molecule has 4 nitrogen and oxygen atoms in total. The molecule has 0 fully saturated rings. The van der Waals surface area contributed by atoms with E-state index in [0.717, 1.165) is 18.6 Å². The standard InChI is InChI=1S/C22H24N2O2S2/c1-3-16(4-2)17-9-11-24(12-10-17)20(21(25)19-8-6-14-28-19)22(27)23-15-18-7-5-13-26-18/h5-14,16,20H,3-4,15H2,1-2H3/t20-/m1/s1. The monoisotopic (exact) mass is 412 g/mol. The molecule has 0 saturated heterocycles. The number of thiophene rings is 1. The molecule has 3 heterocycles. The predicted molar refractivity (Wildman–Crippen MR) is 115 cm³/mol. The fraction of sp³-hybridized carbons (Fsp3) is 0.318. The zero-order chi connectivity index (χ0) is 19.9. The van der Waals surface area contributed by atoms with E-state index in [1.165, 1.54) is 16.9 Å². The van der Waals surface area contributed by atoms with Crippen LogP contribution in [-0.4, -0.2) is 10.8 Å². The van der Waals surface area contributed by atoms with Gasteiger partial charge in [-0.3, -0.25) is 4.79 Å². The maximum absolute atomic E-state index is 13.2. The summed E-state index contributed by atoms with van der Waals surface area (Å²) in [7, 11) is 0. The van der Waals surface area contributed by atoms with E-state index in [0.29, 0.717) is 22.4 Å². The fourth-order valence-electron chi connectivity index (χ4n) is 3.23. The molecular formula is C22H24N2O2S2. The first-order valence-electron chi connectivity index (χ1n) is 9.46. The molecule has 3 aromatic heterocycles. The van der Waals surface area contributed by atoms with E-state index in [1.54, 1.807) is 6.26 Å². The van der Waals surface area contributed by atoms with Gasteiger partial charge in [-0.25, -0.2) is 0 Å². The Balaban J connectivity index is 1.91. The summed E-state index contributed by atoms with van der Waals surface area (Å²) >= 11 is 6.99. The van der Waals surface area contributed by atoms with Gasteiger partial charge in [0, 0.05) is 12.1 Å². The number of nitrogens with zero attached hydrogens (tertiary/aromatic N) is 2. The molecule has 0 saturated carbocycles. The van der Waals surface area contributed by atoms with E-state index in [9.17, 15) is 4.79 Å². The van der Waals surface area contributed by atoms with Crippen LogP contribution in [0.15, 0.2) is 69.8 Å². The molecule has 146 valence electrons. The van der Waals surface area contributed by atoms with E-state index in [-0.39, 0.29) is 5.78 Å². The van der Waals surface area contributed by atoms with Gasteiger partial charge in [0.25, 0.3) is 0 Å². The van der Waals surface area contributed by atoms with Gasteiger partial charge in [-0.15, -0.1) is 11.3 Å². The van der Waals surface area contributed by atoms with Crippen molar-refractivity contribution in [1.29, 1.82) is 0 Å². The zero-order valence-corrected chi connectivity index (χ0v) is 17.7. The molecule has 0 aliphatic heterocycles. The van der Waals surface area contributed by atoms with Gasteiger partial charge in [0.1, 0.15) is 5.76 Å². The normalized spacial score (nSPS) is 13.0. The Labute approximate surface area is 175 Å². The van der Waals surface area contributed by atoms with E-state index in [2.05, 4.69) is 31.0 Å². The highest BCUT2D eigenvalue weighted by Crippen LogP contribution is 2.22. The van der Waals surface area contributed by atoms with Gasteiger partial charge in [-0.1, -0.05) is 19.9 Å². The third kappa shape index (κ3) is 4.75. The Bertz CT molecular complexity index is 897. The summed E-state index contributed by atoms with van der Waals surface area (Å²) in [5, 5.41) is 2.25. The third-order valence-corrected chi connectivity index (χ3v) is 6.09. The molecule has 0 aromatic carbocycles. The molecule has 0 aliphatic rings. The van der Waals surface area contributed by atoms with Crippen LogP contribution in [0.4, 0.5) is 0 Å². The minimum absolute atomic E-state index is 0.0384. The molecule has 1 atom stereocenters. The molecule has 0 N–H and O–H groups in total. The lowest BCUT2D eigenvalue weighted by atomic mass is 9.95. The molecule has 0 radical (unpaired) electrons. The number of pyridine rings is 1. The van der Waals surface area contributed by atoms with Crippen LogP contribution in [0.5, 0.6) is 0 Å². The first kappa shape index (κ1) is 20.4. The van der Waals surface area contributed by atoms with Crippen LogP contribution in [0.25, 0.3) is 0 Å². The minimum Gasteiger partial charge on any atom is -0.758 e. The lowest BCUT2D eigenvalue weighted by Crippen LogP contribution is -2.47. The number of aliphatic imine (C=N–C) groups is 1. The van der Waals surface area contributed by atoms with E-state index < -0.39 is 6.04 Å². The quantitative estimate of drug-likeness (QED) is 0.161. The van der Waals surface area contributed by atoms with Crippen molar-refractivity contribution in [2.24, 2.45) is 4.99 Å². The summed E-state index contributed by atoms with van der Waals surface area (Å²) in [4.78, 5) is 18.3. The highest BCUT2D eigenvalue weighted by Gasteiger charge is 2.29. The highest BCUT2D eigenvalue weighted by atomic mass is 32.1. The van der Waals surface area contributed by atoms with Gasteiger partial charge in [0.05, 0.1) is 17.7 Å². The van der Waals surface area contributed by atoms with Crippen LogP contribution in [-0.2, 0) is 19.2 Å². The number of hydrogen-bond donors (Lipinski definition) is 0. The third-order valence-electron chi connectivity index (χ3n) is 4.85. The van der Waals surface area contributed by atoms with Crippen molar-refractivity contribution in [2.75, 3.05) is 0 Å². The average Bonchev–Trinajstić information content (AvgIpc) is 3.43. The van der Waals surface area contributed by atoms with Gasteiger partial charge < -0.3 is 22.0 Å². The first-order chi connectivity index (χ1) is 13.6. The highest BCUT2D eigenvalue weighted by molar-refractivity contribution is 7.77. The summed E-state index contributed by atoms with van der Waals surface area (Å²) in [5.74, 6) is 1.21. The van der Waals surface area contributed by atoms with E-state index in [1.807, 2.05) is 46.6 Å². The van der Waals surface area contributed by atoms with Gasteiger partial charge in [0.15, 0.2) is 12.4 Å². The van der Waals surface area contributed by atoms with E-state index in [4.69, 9.17) is 17.0 Å². The van der Waals surface area contributed by atoms with Crippen LogP contribution in [0.3, 0.4) is 0 Å². The Kier molecular flexibility index (Phi) is 7.12. The smallest absolute Gasteiger partial charge is 0.244 e. The molecule has 0 bridgehead atoms. The van der Waals surface area contributed by atoms with Gasteiger partial charge >= 0.3 is 0 Å². The lowest BCUT2D eigenvalue weighted by molar-refractivity contribution is -0.692. The SMILES string of the molecule is CCC(CC)c1cc[n+]([C@H](C(=O)c2cccs2)C([S-])=NCc2ccco2)cc1. The molecule has 3 rings (SSSR count). The molecule has 3 aromatic rings. The van der Waals surface area contributed by atoms with Gasteiger partial charge in [-0.05, 0) is 52.9 Å². The Morgan fingerprint density at radius 3 is 2.50 bits per heavy atom. The number of carbonyl (C=O) groups is 1. The molecule has 28 heavy (non-hydrogen) atoms. The van der Waals surface area contributed by atoms with Gasteiger partial charge in [-0.2, -0.15) is 4.57 Å². The molecule has 0 amide bonds. The minimum atomic E-state index is -0.639. The summed E-state index contributed by atoms with van der Waals surface area (Å²) < 4.78 is 7.19. The van der Waals surface area contributed by atoms with Crippen LogP contribution < -0.4 is 4.57 Å². The second kappa shape index (κ2) is 9.75. The van der Waals surface area contributed by atoms with E-state index >= 15 is 0 Å². The van der Waals surface area contributed by atoms with Gasteiger partial charge in [0.2, 0.25) is 11.8 Å². The number of hydrogen-bond acceptors (Lipinski definition) is 5. The predicted octanol–water partition coefficient (Wildman–Crippen LogP) is 5.10. The number of ketones is 1. The summed E-state index contributed by atoms with van der Waals surface area (Å²) in [6.07, 6.45) is 7.68. The Morgan fingerprint density at radius 2 is 1.93 bits per heavy atom. The topological polar surface area (TPSA) is 46.5 Å². The average molecular weight is 413 g/mol. The maximum Gasteiger partial charge on any atom is 0.244 e. The molecule has 0 spiro atoms. The summed E-state index contributed by atoms with van der Waals surface area (Å²) in [5.41, 5.74) is 1.28. The van der Waals surface area contributed by atoms with Crippen molar-refractivity contribution in [3.63, 3.8) is 0 Å². The number of rotatable bonds is 9. The summed E-state index contributed by atoms with van der Waals surface area (Å²) in [6.45, 7) is 4.72. The van der Waals surface area contributed by atoms with Crippen molar-refractivity contribution in [2.45, 2.75) is 45.2 Å². The van der Waals surface area contributed by atoms with Crippen molar-refractivity contribution in [3.8, 4) is 0 Å². The molecule has 0 aliphatic carbocycles. The second-order valence-electron chi connectivity index (χ2n) is 6.57. The first-order valence-corrected chi connectivity index (χ1v) is 10.7.